The highest BCUT2D eigenvalue weighted by Crippen LogP contribution is 2.39. The maximum atomic E-state index is 13.7. The fraction of sp³-hybridized carbons (Fsp3) is 0.312. The first-order valence-corrected chi connectivity index (χ1v) is 14.4. The molecule has 46 heavy (non-hydrogen) atoms. The van der Waals surface area contributed by atoms with E-state index in [9.17, 15) is 14.4 Å². The molecule has 5 N–H and O–H groups in total. The van der Waals surface area contributed by atoms with Gasteiger partial charge in [0.15, 0.2) is 11.5 Å². The molecule has 1 aromatic heterocycles. The number of hydrogen-bond acceptors (Lipinski definition) is 10. The molecule has 1 saturated heterocycles. The fourth-order valence-corrected chi connectivity index (χ4v) is 5.10. The number of carbonyl (C=O) groups is 3. The van der Waals surface area contributed by atoms with Crippen molar-refractivity contribution in [1.82, 2.24) is 26.1 Å². The average Bonchev–Trinajstić information content (AvgIpc) is 3.72. The molecule has 2 heterocycles. The van der Waals surface area contributed by atoms with Crippen molar-refractivity contribution in [3.05, 3.63) is 83.0 Å². The van der Waals surface area contributed by atoms with E-state index in [-0.39, 0.29) is 85.6 Å². The Bertz CT molecular complexity index is 1660. The van der Waals surface area contributed by atoms with Gasteiger partial charge in [-0.25, -0.2) is 0 Å². The first kappa shape index (κ1) is 34.2. The quantitative estimate of drug-likeness (QED) is 0.100. The number of fused-ring (bicyclic) bond motifs is 1. The van der Waals surface area contributed by atoms with Gasteiger partial charge in [-0.2, -0.15) is 5.10 Å². The first-order valence-electron chi connectivity index (χ1n) is 14.4. The Hall–Kier alpha value is -4.69. The van der Waals surface area contributed by atoms with Gasteiger partial charge in [0.2, 0.25) is 5.78 Å². The van der Waals surface area contributed by atoms with Gasteiger partial charge in [0.05, 0.1) is 57.8 Å². The summed E-state index contributed by atoms with van der Waals surface area (Å²) in [6.45, 7) is 1.41. The number of aliphatic hydroxyl groups excluding tert-OH is 1. The molecule has 0 bridgehead atoms. The van der Waals surface area contributed by atoms with Crippen LogP contribution in [0.2, 0.25) is 0 Å². The molecule has 1 fully saturated rings. The standard InChI is InChI=1S/C32H35N5O8.ClH/c1-42-27-10-9-26(45-14-13-44-12-11-38)28(30(27)43-2)29(39)19-3-5-20(6-4-19)31(40)35-24-17-33-18-25(24)36-32(41)21-7-8-22-16-34-37-23(22)15-21;/h3-10,15-16,24-25,33,38H,11-14,17-18H2,1-2H3,(H,34,37)(H,35,40)(H,36,41);1H/t24-,25-;/m1./s1. The molecule has 0 saturated carbocycles. The smallest absolute Gasteiger partial charge is 0.251 e. The monoisotopic (exact) mass is 653 g/mol. The number of benzene rings is 3. The molecule has 13 nitrogen and oxygen atoms in total. The molecular weight excluding hydrogens is 618 g/mol. The largest absolute Gasteiger partial charge is 0.493 e. The lowest BCUT2D eigenvalue weighted by Crippen LogP contribution is -2.51. The predicted molar refractivity (Wildman–Crippen MR) is 172 cm³/mol. The maximum Gasteiger partial charge on any atom is 0.251 e. The number of nitrogens with zero attached hydrogens (tertiary/aromatic N) is 1. The van der Waals surface area contributed by atoms with Crippen LogP contribution in [-0.2, 0) is 4.74 Å². The number of aromatic nitrogens is 2. The van der Waals surface area contributed by atoms with Crippen LogP contribution in [0.25, 0.3) is 10.9 Å². The van der Waals surface area contributed by atoms with Crippen LogP contribution < -0.4 is 30.2 Å². The summed E-state index contributed by atoms with van der Waals surface area (Å²) in [4.78, 5) is 39.8. The SMILES string of the molecule is COc1ccc(OCCOCCO)c(C(=O)c2ccc(C(=O)N[C@@H]3CNC[C@H]3NC(=O)c3ccc4cn[nH]c4c3)cc2)c1OC.Cl. The van der Waals surface area contributed by atoms with Crippen LogP contribution >= 0.6 is 12.4 Å². The van der Waals surface area contributed by atoms with Gasteiger partial charge < -0.3 is 40.0 Å². The van der Waals surface area contributed by atoms with Crippen molar-refractivity contribution in [3.8, 4) is 17.2 Å². The number of rotatable bonds is 14. The zero-order valence-corrected chi connectivity index (χ0v) is 26.1. The molecule has 3 aromatic carbocycles. The normalized spacial score (nSPS) is 15.5. The van der Waals surface area contributed by atoms with E-state index in [1.807, 2.05) is 6.07 Å². The minimum Gasteiger partial charge on any atom is -0.493 e. The lowest BCUT2D eigenvalue weighted by Gasteiger charge is -2.21. The van der Waals surface area contributed by atoms with Crippen LogP contribution in [0, 0.1) is 0 Å². The number of carbonyl (C=O) groups excluding carboxylic acids is 3. The van der Waals surface area contributed by atoms with Gasteiger partial charge in [-0.15, -0.1) is 12.4 Å². The first-order chi connectivity index (χ1) is 21.9. The number of H-pyrrole nitrogens is 1. The molecular formula is C32H36ClN5O8. The van der Waals surface area contributed by atoms with Crippen molar-refractivity contribution in [2.24, 2.45) is 0 Å². The highest BCUT2D eigenvalue weighted by molar-refractivity contribution is 6.13. The topological polar surface area (TPSA) is 173 Å². The third-order valence-electron chi connectivity index (χ3n) is 7.42. The molecule has 0 aliphatic carbocycles. The van der Waals surface area contributed by atoms with Gasteiger partial charge in [-0.1, -0.05) is 18.2 Å². The number of hydrogen-bond donors (Lipinski definition) is 5. The Morgan fingerprint density at radius 2 is 1.50 bits per heavy atom. The highest BCUT2D eigenvalue weighted by atomic mass is 35.5. The Morgan fingerprint density at radius 1 is 0.848 bits per heavy atom. The van der Waals surface area contributed by atoms with E-state index in [2.05, 4.69) is 26.1 Å². The molecule has 0 unspecified atom stereocenters. The number of methoxy groups -OCH3 is 2. The van der Waals surface area contributed by atoms with E-state index in [1.54, 1.807) is 54.7 Å². The van der Waals surface area contributed by atoms with Crippen molar-refractivity contribution in [2.45, 2.75) is 12.1 Å². The molecule has 0 radical (unpaired) electrons. The summed E-state index contributed by atoms with van der Waals surface area (Å²) in [5, 5.41) is 25.8. The fourth-order valence-electron chi connectivity index (χ4n) is 5.10. The van der Waals surface area contributed by atoms with E-state index in [0.717, 1.165) is 10.9 Å². The molecule has 2 amide bonds. The summed E-state index contributed by atoms with van der Waals surface area (Å²) >= 11 is 0. The summed E-state index contributed by atoms with van der Waals surface area (Å²) in [6.07, 6.45) is 1.69. The Balaban J connectivity index is 0.00000480. The third-order valence-corrected chi connectivity index (χ3v) is 7.42. The molecule has 1 aliphatic heterocycles. The summed E-state index contributed by atoms with van der Waals surface area (Å²) < 4.78 is 22.0. The molecule has 4 aromatic rings. The van der Waals surface area contributed by atoms with Crippen molar-refractivity contribution in [2.75, 3.05) is 53.7 Å². The summed E-state index contributed by atoms with van der Waals surface area (Å²) in [6, 6.07) is 14.1. The maximum absolute atomic E-state index is 13.7. The number of aromatic amines is 1. The van der Waals surface area contributed by atoms with Gasteiger partial charge in [-0.3, -0.25) is 19.5 Å². The Kier molecular flexibility index (Phi) is 11.9. The van der Waals surface area contributed by atoms with E-state index in [4.69, 9.17) is 24.1 Å². The number of ketones is 1. The molecule has 2 atom stereocenters. The molecule has 5 rings (SSSR count). The number of ether oxygens (including phenoxy) is 4. The van der Waals surface area contributed by atoms with E-state index in [0.29, 0.717) is 35.5 Å². The van der Waals surface area contributed by atoms with Crippen LogP contribution in [0.15, 0.2) is 60.8 Å². The van der Waals surface area contributed by atoms with Gasteiger partial charge >= 0.3 is 0 Å². The van der Waals surface area contributed by atoms with Gasteiger partial charge in [0.1, 0.15) is 17.9 Å². The van der Waals surface area contributed by atoms with Crippen molar-refractivity contribution >= 4 is 40.9 Å². The van der Waals surface area contributed by atoms with Crippen LogP contribution in [0.4, 0.5) is 0 Å². The summed E-state index contributed by atoms with van der Waals surface area (Å²) in [5.74, 6) is -0.139. The predicted octanol–water partition coefficient (Wildman–Crippen LogP) is 2.12. The highest BCUT2D eigenvalue weighted by Gasteiger charge is 2.30. The Labute approximate surface area is 271 Å². The summed E-state index contributed by atoms with van der Waals surface area (Å²) in [5.41, 5.74) is 2.07. The van der Waals surface area contributed by atoms with E-state index < -0.39 is 0 Å². The number of aliphatic hydroxyl groups is 1. The number of amides is 2. The van der Waals surface area contributed by atoms with Crippen molar-refractivity contribution < 1.29 is 38.4 Å². The zero-order valence-electron chi connectivity index (χ0n) is 25.3. The van der Waals surface area contributed by atoms with Crippen molar-refractivity contribution in [1.29, 1.82) is 0 Å². The lowest BCUT2D eigenvalue weighted by atomic mass is 9.99. The minimum atomic E-state index is -0.389. The molecule has 0 spiro atoms. The second kappa shape index (κ2) is 16.0. The number of halogens is 1. The minimum absolute atomic E-state index is 0. The molecule has 14 heteroatoms. The lowest BCUT2D eigenvalue weighted by molar-refractivity contribution is 0.0700. The van der Waals surface area contributed by atoms with E-state index >= 15 is 0 Å². The van der Waals surface area contributed by atoms with Crippen LogP contribution in [0.3, 0.4) is 0 Å². The second-order valence-electron chi connectivity index (χ2n) is 10.3. The molecule has 244 valence electrons. The number of nitrogens with one attached hydrogen (secondary N) is 4. The van der Waals surface area contributed by atoms with Crippen molar-refractivity contribution in [3.63, 3.8) is 0 Å². The Morgan fingerprint density at radius 3 is 2.17 bits per heavy atom. The van der Waals surface area contributed by atoms with Gasteiger partial charge in [0.25, 0.3) is 11.8 Å². The van der Waals surface area contributed by atoms with Crippen LogP contribution in [0.1, 0.15) is 36.6 Å². The average molecular weight is 654 g/mol. The third kappa shape index (κ3) is 7.74. The van der Waals surface area contributed by atoms with Gasteiger partial charge in [-0.05, 0) is 36.4 Å². The zero-order chi connectivity index (χ0) is 31.8. The second-order valence-corrected chi connectivity index (χ2v) is 10.3. The molecule has 1 aliphatic rings. The van der Waals surface area contributed by atoms with Crippen LogP contribution in [0.5, 0.6) is 17.2 Å². The van der Waals surface area contributed by atoms with Crippen LogP contribution in [-0.4, -0.2) is 98.7 Å². The summed E-state index contributed by atoms with van der Waals surface area (Å²) in [7, 11) is 2.90. The van der Waals surface area contributed by atoms with Gasteiger partial charge in [0, 0.05) is 35.2 Å². The van der Waals surface area contributed by atoms with E-state index in [1.165, 1.54) is 14.2 Å².